The van der Waals surface area contributed by atoms with E-state index in [4.69, 9.17) is 5.11 Å². The van der Waals surface area contributed by atoms with E-state index in [1.165, 1.54) is 17.5 Å². The van der Waals surface area contributed by atoms with Gasteiger partial charge in [0.25, 0.3) is 0 Å². The highest BCUT2D eigenvalue weighted by Gasteiger charge is 2.16. The second-order valence-corrected chi connectivity index (χ2v) is 3.63. The lowest BCUT2D eigenvalue weighted by Crippen LogP contribution is -1.96. The smallest absolute Gasteiger partial charge is 0.339 e. The number of hydrogen-bond donors (Lipinski definition) is 2. The molecule has 1 aromatic carbocycles. The minimum atomic E-state index is -1.27. The van der Waals surface area contributed by atoms with Crippen molar-refractivity contribution in [1.29, 1.82) is 0 Å². The maximum absolute atomic E-state index is 13.1. The van der Waals surface area contributed by atoms with E-state index in [1.54, 1.807) is 0 Å². The molecule has 14 heavy (non-hydrogen) atoms. The average molecular weight is 212 g/mol. The summed E-state index contributed by atoms with van der Waals surface area (Å²) < 4.78 is 13.6. The first-order valence-corrected chi connectivity index (χ1v) is 4.61. The van der Waals surface area contributed by atoms with E-state index in [1.807, 2.05) is 0 Å². The van der Waals surface area contributed by atoms with Gasteiger partial charge >= 0.3 is 5.97 Å². The normalized spacial score (nSPS) is 10.6. The van der Waals surface area contributed by atoms with Crippen LogP contribution < -0.4 is 0 Å². The molecule has 0 aliphatic carbocycles. The number of aromatic carboxylic acids is 1. The molecule has 0 radical (unpaired) electrons. The highest BCUT2D eigenvalue weighted by atomic mass is 32.1. The summed E-state index contributed by atoms with van der Waals surface area (Å²) >= 11 is 1.12. The second kappa shape index (κ2) is 2.95. The SMILES string of the molecule is O=C(O)c1ccc2scc(F)c2c1O. The summed E-state index contributed by atoms with van der Waals surface area (Å²) in [4.78, 5) is 10.6. The van der Waals surface area contributed by atoms with Gasteiger partial charge < -0.3 is 10.2 Å². The fourth-order valence-electron chi connectivity index (χ4n) is 1.25. The summed E-state index contributed by atoms with van der Waals surface area (Å²) in [5.41, 5.74) is -0.283. The molecule has 0 fully saturated rings. The Bertz CT molecular complexity index is 518. The Morgan fingerprint density at radius 1 is 1.43 bits per heavy atom. The largest absolute Gasteiger partial charge is 0.506 e. The molecular weight excluding hydrogens is 207 g/mol. The number of carbonyl (C=O) groups is 1. The predicted molar refractivity (Wildman–Crippen MR) is 50.4 cm³/mol. The highest BCUT2D eigenvalue weighted by molar-refractivity contribution is 7.17. The molecule has 0 amide bonds. The first-order valence-electron chi connectivity index (χ1n) is 3.73. The van der Waals surface area contributed by atoms with E-state index < -0.39 is 17.5 Å². The first kappa shape index (κ1) is 8.96. The van der Waals surface area contributed by atoms with Crippen LogP contribution in [0.4, 0.5) is 4.39 Å². The number of phenols is 1. The lowest BCUT2D eigenvalue weighted by Gasteiger charge is -2.00. The molecular formula is C9H5FO3S. The third-order valence-electron chi connectivity index (χ3n) is 1.90. The monoisotopic (exact) mass is 212 g/mol. The topological polar surface area (TPSA) is 57.5 Å². The summed E-state index contributed by atoms with van der Waals surface area (Å²) in [5, 5.41) is 19.4. The molecule has 0 saturated carbocycles. The molecule has 0 atom stereocenters. The van der Waals surface area contributed by atoms with Crippen LogP contribution in [0.25, 0.3) is 10.1 Å². The fourth-order valence-corrected chi connectivity index (χ4v) is 2.06. The fraction of sp³-hybridized carbons (Fsp3) is 0. The number of hydrogen-bond acceptors (Lipinski definition) is 3. The Labute approximate surface area is 82.0 Å². The van der Waals surface area contributed by atoms with Gasteiger partial charge in [0.1, 0.15) is 17.1 Å². The maximum Gasteiger partial charge on any atom is 0.339 e. The van der Waals surface area contributed by atoms with Crippen LogP contribution in [-0.4, -0.2) is 16.2 Å². The van der Waals surface area contributed by atoms with E-state index in [9.17, 15) is 14.3 Å². The van der Waals surface area contributed by atoms with Crippen molar-refractivity contribution in [3.8, 4) is 5.75 Å². The third kappa shape index (κ3) is 1.13. The zero-order valence-corrected chi connectivity index (χ0v) is 7.64. The Morgan fingerprint density at radius 3 is 2.79 bits per heavy atom. The van der Waals surface area contributed by atoms with Crippen molar-refractivity contribution in [2.24, 2.45) is 0 Å². The van der Waals surface area contributed by atoms with Crippen molar-refractivity contribution < 1.29 is 19.4 Å². The lowest BCUT2D eigenvalue weighted by atomic mass is 10.1. The zero-order valence-electron chi connectivity index (χ0n) is 6.82. The third-order valence-corrected chi connectivity index (χ3v) is 2.82. The molecule has 72 valence electrons. The van der Waals surface area contributed by atoms with Crippen LogP contribution in [0, 0.1) is 5.82 Å². The summed E-state index contributed by atoms with van der Waals surface area (Å²) in [7, 11) is 0. The number of carboxylic acids is 1. The van der Waals surface area contributed by atoms with Gasteiger partial charge in [0.2, 0.25) is 0 Å². The molecule has 0 aliphatic rings. The van der Waals surface area contributed by atoms with E-state index in [0.29, 0.717) is 4.70 Å². The van der Waals surface area contributed by atoms with Gasteiger partial charge in [0.05, 0.1) is 5.39 Å². The minimum Gasteiger partial charge on any atom is -0.506 e. The molecule has 0 unspecified atom stereocenters. The van der Waals surface area contributed by atoms with Gasteiger partial charge in [0.15, 0.2) is 0 Å². The predicted octanol–water partition coefficient (Wildman–Crippen LogP) is 2.44. The molecule has 1 heterocycles. The van der Waals surface area contributed by atoms with E-state index in [-0.39, 0.29) is 10.9 Å². The first-order chi connectivity index (χ1) is 6.61. The van der Waals surface area contributed by atoms with Crippen LogP contribution in [0.2, 0.25) is 0 Å². The number of benzene rings is 1. The van der Waals surface area contributed by atoms with Crippen molar-refractivity contribution in [1.82, 2.24) is 0 Å². The van der Waals surface area contributed by atoms with E-state index in [2.05, 4.69) is 0 Å². The Morgan fingerprint density at radius 2 is 2.14 bits per heavy atom. The Hall–Kier alpha value is -1.62. The summed E-state index contributed by atoms with van der Waals surface area (Å²) in [6.07, 6.45) is 0. The van der Waals surface area contributed by atoms with E-state index >= 15 is 0 Å². The van der Waals surface area contributed by atoms with Gasteiger partial charge in [-0.25, -0.2) is 9.18 Å². The van der Waals surface area contributed by atoms with Crippen LogP contribution in [-0.2, 0) is 0 Å². The number of fused-ring (bicyclic) bond motifs is 1. The Kier molecular flexibility index (Phi) is 1.89. The van der Waals surface area contributed by atoms with Crippen LogP contribution in [0.1, 0.15) is 10.4 Å². The Balaban J connectivity index is 2.86. The number of aromatic hydroxyl groups is 1. The molecule has 0 saturated heterocycles. The summed E-state index contributed by atoms with van der Waals surface area (Å²) in [6, 6.07) is 2.74. The molecule has 0 spiro atoms. The van der Waals surface area contributed by atoms with Crippen LogP contribution in [0.5, 0.6) is 5.75 Å². The van der Waals surface area contributed by atoms with Crippen molar-refractivity contribution in [2.75, 3.05) is 0 Å². The van der Waals surface area contributed by atoms with Gasteiger partial charge in [-0.15, -0.1) is 11.3 Å². The minimum absolute atomic E-state index is 0.0186. The van der Waals surface area contributed by atoms with Crippen LogP contribution in [0.3, 0.4) is 0 Å². The molecule has 1 aromatic heterocycles. The molecule has 5 heteroatoms. The molecule has 2 aromatic rings. The quantitative estimate of drug-likeness (QED) is 0.763. The molecule has 2 rings (SSSR count). The van der Waals surface area contributed by atoms with Gasteiger partial charge in [-0.05, 0) is 12.1 Å². The van der Waals surface area contributed by atoms with Crippen LogP contribution >= 0.6 is 11.3 Å². The number of thiophene rings is 1. The average Bonchev–Trinajstić information content (AvgIpc) is 2.48. The van der Waals surface area contributed by atoms with Gasteiger partial charge in [-0.1, -0.05) is 0 Å². The number of halogens is 1. The number of carboxylic acid groups (broad SMARTS) is 1. The van der Waals surface area contributed by atoms with Crippen molar-refractivity contribution >= 4 is 27.4 Å². The summed E-state index contributed by atoms with van der Waals surface area (Å²) in [5.74, 6) is -2.37. The van der Waals surface area contributed by atoms with Crippen molar-refractivity contribution in [3.05, 3.63) is 28.9 Å². The molecule has 2 N–H and O–H groups in total. The zero-order chi connectivity index (χ0) is 10.3. The highest BCUT2D eigenvalue weighted by Crippen LogP contribution is 2.34. The standard InChI is InChI=1S/C9H5FO3S/c10-5-3-14-6-2-1-4(9(12)13)8(11)7(5)6/h1-3,11H,(H,12,13). The lowest BCUT2D eigenvalue weighted by molar-refractivity contribution is 0.0694. The molecule has 3 nitrogen and oxygen atoms in total. The van der Waals surface area contributed by atoms with Crippen molar-refractivity contribution in [2.45, 2.75) is 0 Å². The maximum atomic E-state index is 13.1. The van der Waals surface area contributed by atoms with Crippen LogP contribution in [0.15, 0.2) is 17.5 Å². The van der Waals surface area contributed by atoms with Gasteiger partial charge in [0, 0.05) is 10.1 Å². The second-order valence-electron chi connectivity index (χ2n) is 2.72. The number of rotatable bonds is 1. The summed E-state index contributed by atoms with van der Waals surface area (Å²) in [6.45, 7) is 0. The van der Waals surface area contributed by atoms with Gasteiger partial charge in [-0.2, -0.15) is 0 Å². The van der Waals surface area contributed by atoms with Gasteiger partial charge in [-0.3, -0.25) is 0 Å². The molecule has 0 bridgehead atoms. The van der Waals surface area contributed by atoms with Crippen molar-refractivity contribution in [3.63, 3.8) is 0 Å². The van der Waals surface area contributed by atoms with E-state index in [0.717, 1.165) is 11.3 Å². The molecule has 0 aliphatic heterocycles.